The zero-order valence-corrected chi connectivity index (χ0v) is 15.2. The van der Waals surface area contributed by atoms with Gasteiger partial charge in [0.05, 0.1) is 12.1 Å². The Kier molecular flexibility index (Phi) is 5.99. The Hall–Kier alpha value is -1.99. The van der Waals surface area contributed by atoms with Gasteiger partial charge in [-0.05, 0) is 31.2 Å². The van der Waals surface area contributed by atoms with E-state index in [4.69, 9.17) is 4.42 Å². The van der Waals surface area contributed by atoms with E-state index in [1.807, 2.05) is 37.3 Å². The zero-order chi connectivity index (χ0) is 17.5. The molecule has 1 atom stereocenters. The predicted molar refractivity (Wildman–Crippen MR) is 102 cm³/mol. The van der Waals surface area contributed by atoms with Gasteiger partial charge < -0.3 is 20.2 Å². The molecule has 0 amide bonds. The molecule has 1 aromatic heterocycles. The van der Waals surface area contributed by atoms with E-state index >= 15 is 0 Å². The average molecular weight is 360 g/mol. The van der Waals surface area contributed by atoms with Crippen molar-refractivity contribution in [3.8, 4) is 11.5 Å². The molecule has 134 valence electrons. The molecule has 6 nitrogen and oxygen atoms in total. The molecule has 7 heteroatoms. The van der Waals surface area contributed by atoms with Crippen LogP contribution in [0.2, 0.25) is 0 Å². The molecule has 2 heterocycles. The number of nitrogens with one attached hydrogen (secondary N) is 2. The van der Waals surface area contributed by atoms with Crippen molar-refractivity contribution in [2.24, 2.45) is 4.99 Å². The van der Waals surface area contributed by atoms with E-state index in [9.17, 15) is 5.11 Å². The van der Waals surface area contributed by atoms with Crippen molar-refractivity contribution in [2.45, 2.75) is 25.5 Å². The maximum absolute atomic E-state index is 10.4. The van der Waals surface area contributed by atoms with Gasteiger partial charge in [0.2, 0.25) is 5.89 Å². The summed E-state index contributed by atoms with van der Waals surface area (Å²) in [7, 11) is 0. The number of hydrogen-bond donors (Lipinski definition) is 3. The summed E-state index contributed by atoms with van der Waals surface area (Å²) in [5.74, 6) is 3.05. The minimum Gasteiger partial charge on any atom is -0.444 e. The first-order valence-corrected chi connectivity index (χ1v) is 9.66. The second kappa shape index (κ2) is 8.40. The third kappa shape index (κ3) is 4.99. The Morgan fingerprint density at radius 2 is 2.20 bits per heavy atom. The zero-order valence-electron chi connectivity index (χ0n) is 14.4. The summed E-state index contributed by atoms with van der Waals surface area (Å²) in [6, 6.07) is 9.80. The number of nitrogens with zero attached hydrogens (tertiary/aromatic N) is 2. The normalized spacial score (nSPS) is 20.6. The van der Waals surface area contributed by atoms with E-state index in [1.165, 1.54) is 0 Å². The fraction of sp³-hybridized carbons (Fsp3) is 0.444. The van der Waals surface area contributed by atoms with Gasteiger partial charge in [-0.25, -0.2) is 9.98 Å². The number of oxazole rings is 1. The molecule has 2 aromatic rings. The largest absolute Gasteiger partial charge is 0.444 e. The number of hydrogen-bond acceptors (Lipinski definition) is 5. The van der Waals surface area contributed by atoms with E-state index in [1.54, 1.807) is 18.0 Å². The van der Waals surface area contributed by atoms with Gasteiger partial charge >= 0.3 is 0 Å². The average Bonchev–Trinajstić information content (AvgIpc) is 3.28. The first-order chi connectivity index (χ1) is 12.2. The van der Waals surface area contributed by atoms with E-state index in [0.29, 0.717) is 24.9 Å². The predicted octanol–water partition coefficient (Wildman–Crippen LogP) is 2.26. The van der Waals surface area contributed by atoms with Gasteiger partial charge in [0.1, 0.15) is 12.0 Å². The van der Waals surface area contributed by atoms with Crippen LogP contribution in [0.25, 0.3) is 11.5 Å². The van der Waals surface area contributed by atoms with Gasteiger partial charge in [-0.2, -0.15) is 11.8 Å². The molecule has 1 aliphatic heterocycles. The molecule has 3 rings (SSSR count). The molecule has 0 radical (unpaired) electrons. The van der Waals surface area contributed by atoms with Gasteiger partial charge in [0.25, 0.3) is 0 Å². The van der Waals surface area contributed by atoms with Crippen molar-refractivity contribution in [3.05, 3.63) is 42.3 Å². The fourth-order valence-corrected chi connectivity index (χ4v) is 3.87. The third-order valence-corrected chi connectivity index (χ3v) is 5.22. The Balaban J connectivity index is 1.60. The monoisotopic (exact) mass is 360 g/mol. The summed E-state index contributed by atoms with van der Waals surface area (Å²) in [6.07, 6.45) is 2.45. The third-order valence-electron chi connectivity index (χ3n) is 3.98. The maximum Gasteiger partial charge on any atom is 0.226 e. The van der Waals surface area contributed by atoms with Crippen LogP contribution >= 0.6 is 11.8 Å². The highest BCUT2D eigenvalue weighted by molar-refractivity contribution is 7.99. The summed E-state index contributed by atoms with van der Waals surface area (Å²) >= 11 is 1.78. The molecule has 1 fully saturated rings. The van der Waals surface area contributed by atoms with Gasteiger partial charge in [-0.15, -0.1) is 0 Å². The minimum absolute atomic E-state index is 0.416. The molecule has 0 bridgehead atoms. The lowest BCUT2D eigenvalue weighted by Crippen LogP contribution is -2.47. The van der Waals surface area contributed by atoms with Crippen molar-refractivity contribution in [1.82, 2.24) is 15.6 Å². The number of aliphatic imine (C=N–C) groups is 1. The Morgan fingerprint density at radius 1 is 1.36 bits per heavy atom. The van der Waals surface area contributed by atoms with Crippen LogP contribution in [-0.4, -0.2) is 46.2 Å². The lowest BCUT2D eigenvalue weighted by Gasteiger charge is -2.23. The second-order valence-corrected chi connectivity index (χ2v) is 7.19. The molecular weight excluding hydrogens is 336 g/mol. The quantitative estimate of drug-likeness (QED) is 0.541. The summed E-state index contributed by atoms with van der Waals surface area (Å²) in [5.41, 5.74) is 1.07. The highest BCUT2D eigenvalue weighted by Crippen LogP contribution is 2.26. The van der Waals surface area contributed by atoms with Crippen LogP contribution in [0.4, 0.5) is 0 Å². The summed E-state index contributed by atoms with van der Waals surface area (Å²) in [6.45, 7) is 3.69. The molecule has 1 saturated heterocycles. The van der Waals surface area contributed by atoms with E-state index in [-0.39, 0.29) is 0 Å². The number of guanidine groups is 1. The van der Waals surface area contributed by atoms with Crippen molar-refractivity contribution in [2.75, 3.05) is 24.6 Å². The molecule has 25 heavy (non-hydrogen) atoms. The van der Waals surface area contributed by atoms with Gasteiger partial charge in [-0.3, -0.25) is 0 Å². The molecular formula is C18H24N4O2S. The summed E-state index contributed by atoms with van der Waals surface area (Å²) in [4.78, 5) is 9.02. The molecule has 0 spiro atoms. The van der Waals surface area contributed by atoms with Crippen molar-refractivity contribution in [1.29, 1.82) is 0 Å². The van der Waals surface area contributed by atoms with Crippen LogP contribution in [0.15, 0.2) is 46.0 Å². The van der Waals surface area contributed by atoms with Crippen LogP contribution in [0.3, 0.4) is 0 Å². The summed E-state index contributed by atoms with van der Waals surface area (Å²) < 4.78 is 5.54. The Labute approximate surface area is 152 Å². The van der Waals surface area contributed by atoms with Crippen LogP contribution < -0.4 is 10.6 Å². The van der Waals surface area contributed by atoms with Gasteiger partial charge in [0.15, 0.2) is 5.96 Å². The Bertz CT molecular complexity index is 696. The molecule has 0 saturated carbocycles. The van der Waals surface area contributed by atoms with Crippen LogP contribution in [0.5, 0.6) is 0 Å². The SMILES string of the molecule is CCNC(=NCc1coc(-c2ccccc2)n1)NCC1(O)CCSC1. The first kappa shape index (κ1) is 17.8. The van der Waals surface area contributed by atoms with Crippen molar-refractivity contribution < 1.29 is 9.52 Å². The minimum atomic E-state index is -0.644. The topological polar surface area (TPSA) is 82.7 Å². The van der Waals surface area contributed by atoms with Crippen LogP contribution in [-0.2, 0) is 6.54 Å². The number of aromatic nitrogens is 1. The lowest BCUT2D eigenvalue weighted by molar-refractivity contribution is 0.0724. The smallest absolute Gasteiger partial charge is 0.226 e. The Morgan fingerprint density at radius 3 is 2.92 bits per heavy atom. The standard InChI is InChI=1S/C18H24N4O2S/c1-2-19-17(21-12-18(23)8-9-25-13-18)20-10-15-11-24-16(22-15)14-6-4-3-5-7-14/h3-7,11,23H,2,8-10,12-13H2,1H3,(H2,19,20,21). The van der Waals surface area contributed by atoms with Crippen molar-refractivity contribution in [3.63, 3.8) is 0 Å². The number of rotatable bonds is 6. The maximum atomic E-state index is 10.4. The fourth-order valence-electron chi connectivity index (χ4n) is 2.58. The van der Waals surface area contributed by atoms with E-state index < -0.39 is 5.60 Å². The van der Waals surface area contributed by atoms with Gasteiger partial charge in [-0.1, -0.05) is 18.2 Å². The van der Waals surface area contributed by atoms with E-state index in [0.717, 1.165) is 35.7 Å². The number of aliphatic hydroxyl groups is 1. The number of thioether (sulfide) groups is 1. The molecule has 1 unspecified atom stereocenters. The highest BCUT2D eigenvalue weighted by Gasteiger charge is 2.31. The second-order valence-electron chi connectivity index (χ2n) is 6.09. The molecule has 1 aromatic carbocycles. The lowest BCUT2D eigenvalue weighted by atomic mass is 10.0. The van der Waals surface area contributed by atoms with E-state index in [2.05, 4.69) is 20.6 Å². The van der Waals surface area contributed by atoms with Gasteiger partial charge in [0, 0.05) is 24.4 Å². The molecule has 1 aliphatic rings. The molecule has 3 N–H and O–H groups in total. The first-order valence-electron chi connectivity index (χ1n) is 8.51. The highest BCUT2D eigenvalue weighted by atomic mass is 32.2. The number of benzene rings is 1. The van der Waals surface area contributed by atoms with Crippen LogP contribution in [0, 0.1) is 0 Å². The molecule has 0 aliphatic carbocycles. The van der Waals surface area contributed by atoms with Crippen molar-refractivity contribution >= 4 is 17.7 Å². The van der Waals surface area contributed by atoms with Crippen LogP contribution in [0.1, 0.15) is 19.0 Å². The summed E-state index contributed by atoms with van der Waals surface area (Å²) in [5, 5.41) is 16.9.